The molecule has 3 amide bonds. The molecule has 0 spiro atoms. The number of anilines is 2. The number of hydrogen-bond donors (Lipinski definition) is 3. The number of thioether (sulfide) groups is 1. The second-order valence-corrected chi connectivity index (χ2v) is 14.0. The number of aromatic nitrogens is 1. The van der Waals surface area contributed by atoms with Crippen LogP contribution >= 0.6 is 23.1 Å². The molecule has 3 fully saturated rings. The third-order valence-corrected chi connectivity index (χ3v) is 12.1. The third-order valence-electron chi connectivity index (χ3n) is 9.48. The maximum atomic E-state index is 13.9. The van der Waals surface area contributed by atoms with E-state index in [1.165, 1.54) is 28.4 Å². The molecule has 1 aromatic heterocycles. The average molecular weight is 626 g/mol. The van der Waals surface area contributed by atoms with Crippen LogP contribution in [0, 0.1) is 29.6 Å². The summed E-state index contributed by atoms with van der Waals surface area (Å²) in [5.41, 5.74) is 2.12. The van der Waals surface area contributed by atoms with Gasteiger partial charge in [0.1, 0.15) is 11.5 Å². The minimum absolute atomic E-state index is 0.00340. The number of ether oxygens (including phenoxy) is 1. The first-order valence-corrected chi connectivity index (χ1v) is 16.2. The van der Waals surface area contributed by atoms with E-state index in [4.69, 9.17) is 4.74 Å². The quantitative estimate of drug-likeness (QED) is 0.207. The van der Waals surface area contributed by atoms with Gasteiger partial charge < -0.3 is 20.1 Å². The van der Waals surface area contributed by atoms with E-state index in [1.807, 2.05) is 48.5 Å². The molecule has 2 aliphatic carbocycles. The van der Waals surface area contributed by atoms with E-state index in [2.05, 4.69) is 10.3 Å². The van der Waals surface area contributed by atoms with Gasteiger partial charge in [-0.1, -0.05) is 41.7 Å². The zero-order valence-electron chi connectivity index (χ0n) is 23.2. The van der Waals surface area contributed by atoms with E-state index in [1.54, 1.807) is 30.0 Å². The number of carbonyl (C=O) groups excluding carboxylic acids is 3. The number of nitrogens with one attached hydrogen (secondary N) is 2. The fourth-order valence-electron chi connectivity index (χ4n) is 7.91. The van der Waals surface area contributed by atoms with Gasteiger partial charge in [-0.05, 0) is 78.3 Å². The SMILES string of the molecule is O=C(COc1cccc([C@H]2c3sc(=O)[nH]c3SC3C2[C@H]2C[C@@H]3C3C(=O)N(c4ccccc4)C(=O)C32)c1)Nc1ccc(O)cc1. The van der Waals surface area contributed by atoms with Crippen LogP contribution in [0.3, 0.4) is 0 Å². The lowest BCUT2D eigenvalue weighted by Gasteiger charge is -2.43. The van der Waals surface area contributed by atoms with Crippen LogP contribution in [-0.2, 0) is 14.4 Å². The molecule has 4 aliphatic rings. The zero-order chi connectivity index (χ0) is 30.1. The predicted octanol–water partition coefficient (Wildman–Crippen LogP) is 4.84. The monoisotopic (exact) mass is 625 g/mol. The van der Waals surface area contributed by atoms with Crippen molar-refractivity contribution < 1.29 is 24.2 Å². The predicted molar refractivity (Wildman–Crippen MR) is 166 cm³/mol. The molecular weight excluding hydrogens is 599 g/mol. The maximum absolute atomic E-state index is 13.9. The second-order valence-electron chi connectivity index (χ2n) is 11.8. The van der Waals surface area contributed by atoms with Gasteiger partial charge in [-0.15, -0.1) is 11.8 Å². The van der Waals surface area contributed by atoms with Crippen molar-refractivity contribution in [2.75, 3.05) is 16.8 Å². The van der Waals surface area contributed by atoms with E-state index >= 15 is 0 Å². The minimum atomic E-state index is -0.378. The van der Waals surface area contributed by atoms with Crippen molar-refractivity contribution in [3.05, 3.63) is 99.0 Å². The van der Waals surface area contributed by atoms with Crippen molar-refractivity contribution in [3.8, 4) is 11.5 Å². The van der Waals surface area contributed by atoms with Gasteiger partial charge in [0.05, 0.1) is 22.5 Å². The molecule has 222 valence electrons. The maximum Gasteiger partial charge on any atom is 0.305 e. The number of rotatable bonds is 6. The van der Waals surface area contributed by atoms with Crippen LogP contribution in [-0.4, -0.2) is 39.7 Å². The van der Waals surface area contributed by atoms with Gasteiger partial charge in [0.25, 0.3) is 5.91 Å². The summed E-state index contributed by atoms with van der Waals surface area (Å²) in [6.45, 7) is -0.208. The summed E-state index contributed by atoms with van der Waals surface area (Å²) in [5.74, 6) is -0.725. The number of hydrogen-bond acceptors (Lipinski definition) is 8. The molecule has 11 heteroatoms. The minimum Gasteiger partial charge on any atom is -0.508 e. The molecule has 0 radical (unpaired) electrons. The Bertz CT molecular complexity index is 1850. The van der Waals surface area contributed by atoms with Gasteiger partial charge in [0, 0.05) is 21.7 Å². The first-order chi connectivity index (χ1) is 21.4. The first kappa shape index (κ1) is 27.2. The number of phenolic OH excluding ortho intramolecular Hbond substituents is 1. The van der Waals surface area contributed by atoms with Crippen molar-refractivity contribution in [2.24, 2.45) is 29.6 Å². The van der Waals surface area contributed by atoms with Gasteiger partial charge in [-0.3, -0.25) is 24.1 Å². The second kappa shape index (κ2) is 10.4. The van der Waals surface area contributed by atoms with Gasteiger partial charge >= 0.3 is 4.87 Å². The van der Waals surface area contributed by atoms with E-state index in [0.29, 0.717) is 17.1 Å². The van der Waals surface area contributed by atoms with E-state index in [0.717, 1.165) is 21.9 Å². The Morgan fingerprint density at radius 3 is 2.48 bits per heavy atom. The molecule has 3 N–H and O–H groups in total. The Hall–Kier alpha value is -4.35. The van der Waals surface area contributed by atoms with Crippen LogP contribution in [0.5, 0.6) is 11.5 Å². The number of benzene rings is 3. The number of H-pyrrole nitrogens is 1. The Morgan fingerprint density at radius 1 is 0.955 bits per heavy atom. The van der Waals surface area contributed by atoms with Crippen LogP contribution in [0.4, 0.5) is 11.4 Å². The molecule has 8 rings (SSSR count). The van der Waals surface area contributed by atoms with Crippen molar-refractivity contribution in [3.63, 3.8) is 0 Å². The molecule has 1 saturated heterocycles. The van der Waals surface area contributed by atoms with Crippen LogP contribution in [0.1, 0.15) is 22.8 Å². The van der Waals surface area contributed by atoms with Crippen LogP contribution < -0.4 is 19.8 Å². The molecular formula is C33H27N3O6S2. The van der Waals surface area contributed by atoms with Crippen LogP contribution in [0.2, 0.25) is 0 Å². The number of carbonyl (C=O) groups is 3. The fourth-order valence-corrected chi connectivity index (χ4v) is 10.8. The standard InChI is InChI=1S/C33H27N3O6S2/c37-19-11-9-17(10-12-19)34-23(38)15-42-20-8-4-5-16(13-20)24-25-21-14-22(28(25)43-30-29(24)44-33(41)35-30)27-26(21)31(39)36(32(27)40)18-6-2-1-3-7-18/h1-13,21-22,24-28,37H,14-15H2,(H,34,38)(H,35,41)/t21-,22-,24-,25?,26?,27?,28?/m1/s1. The molecule has 9 nitrogen and oxygen atoms in total. The third kappa shape index (κ3) is 4.28. The van der Waals surface area contributed by atoms with Crippen LogP contribution in [0.25, 0.3) is 0 Å². The smallest absolute Gasteiger partial charge is 0.305 e. The number of para-hydroxylation sites is 1. The number of imide groups is 1. The highest BCUT2D eigenvalue weighted by atomic mass is 32.2. The van der Waals surface area contributed by atoms with Gasteiger partial charge in [-0.25, -0.2) is 0 Å². The summed E-state index contributed by atoms with van der Waals surface area (Å²) >= 11 is 2.86. The number of thiazole rings is 1. The molecule has 44 heavy (non-hydrogen) atoms. The summed E-state index contributed by atoms with van der Waals surface area (Å²) < 4.78 is 5.89. The highest BCUT2D eigenvalue weighted by Gasteiger charge is 2.69. The number of fused-ring (bicyclic) bond motifs is 9. The van der Waals surface area contributed by atoms with Crippen molar-refractivity contribution in [1.82, 2.24) is 4.98 Å². The highest BCUT2D eigenvalue weighted by Crippen LogP contribution is 2.68. The number of nitrogens with zero attached hydrogens (tertiary/aromatic N) is 1. The molecule has 3 aromatic carbocycles. The lowest BCUT2D eigenvalue weighted by Crippen LogP contribution is -2.42. The molecule has 4 unspecified atom stereocenters. The largest absolute Gasteiger partial charge is 0.508 e. The molecule has 4 aromatic rings. The summed E-state index contributed by atoms with van der Waals surface area (Å²) in [7, 11) is 0. The van der Waals surface area contributed by atoms with E-state index in [9.17, 15) is 24.3 Å². The Morgan fingerprint density at radius 2 is 1.70 bits per heavy atom. The van der Waals surface area contributed by atoms with Gasteiger partial charge in [-0.2, -0.15) is 0 Å². The van der Waals surface area contributed by atoms with Gasteiger partial charge in [0.2, 0.25) is 11.8 Å². The molecule has 2 saturated carbocycles. The molecule has 2 bridgehead atoms. The van der Waals surface area contributed by atoms with Crippen LogP contribution in [0.15, 0.2) is 88.7 Å². The molecule has 2 aliphatic heterocycles. The van der Waals surface area contributed by atoms with E-state index < -0.39 is 0 Å². The Balaban J connectivity index is 1.09. The zero-order valence-corrected chi connectivity index (χ0v) is 24.8. The lowest BCUT2D eigenvalue weighted by atomic mass is 9.68. The highest BCUT2D eigenvalue weighted by molar-refractivity contribution is 8.00. The molecule has 7 atom stereocenters. The summed E-state index contributed by atoms with van der Waals surface area (Å²) in [6, 6.07) is 23.0. The lowest BCUT2D eigenvalue weighted by molar-refractivity contribution is -0.123. The Kier molecular flexibility index (Phi) is 6.42. The number of amides is 3. The van der Waals surface area contributed by atoms with E-state index in [-0.39, 0.29) is 75.7 Å². The summed E-state index contributed by atoms with van der Waals surface area (Å²) in [5, 5.41) is 13.1. The fraction of sp³-hybridized carbons (Fsp3) is 0.273. The van der Waals surface area contributed by atoms with Crippen molar-refractivity contribution in [1.29, 1.82) is 0 Å². The number of phenols is 1. The Labute approximate surface area is 260 Å². The number of aromatic amines is 1. The van der Waals surface area contributed by atoms with Crippen molar-refractivity contribution in [2.45, 2.75) is 22.6 Å². The van der Waals surface area contributed by atoms with Gasteiger partial charge in [0.15, 0.2) is 6.61 Å². The summed E-state index contributed by atoms with van der Waals surface area (Å²) in [4.78, 5) is 58.0. The average Bonchev–Trinajstić information content (AvgIpc) is 3.76. The first-order valence-electron chi connectivity index (χ1n) is 14.5. The molecule has 3 heterocycles. The number of aromatic hydroxyl groups is 1. The van der Waals surface area contributed by atoms with Crippen molar-refractivity contribution >= 4 is 52.2 Å². The normalized spacial score (nSPS) is 28.0. The summed E-state index contributed by atoms with van der Waals surface area (Å²) in [6.07, 6.45) is 0.807. The topological polar surface area (TPSA) is 129 Å².